The highest BCUT2D eigenvalue weighted by Crippen LogP contribution is 2.41. The van der Waals surface area contributed by atoms with Crippen LogP contribution in [0.25, 0.3) is 11.9 Å². The highest BCUT2D eigenvalue weighted by atomic mass is 19.1. The maximum atomic E-state index is 13.9. The summed E-state index contributed by atoms with van der Waals surface area (Å²) in [4.78, 5) is 14.1. The van der Waals surface area contributed by atoms with Gasteiger partial charge in [-0.05, 0) is 36.5 Å². The van der Waals surface area contributed by atoms with Crippen molar-refractivity contribution in [1.29, 1.82) is 0 Å². The number of allylic oxidation sites excluding steroid dienone is 2. The lowest BCUT2D eigenvalue weighted by atomic mass is 10.0. The van der Waals surface area contributed by atoms with Gasteiger partial charge in [-0.2, -0.15) is 0 Å². The zero-order chi connectivity index (χ0) is 11.1. The van der Waals surface area contributed by atoms with E-state index >= 15 is 0 Å². The molecule has 82 valence electrons. The number of H-pyrrole nitrogens is 1. The molecular formula is C13H12FNO. The zero-order valence-corrected chi connectivity index (χ0v) is 8.74. The van der Waals surface area contributed by atoms with Crippen LogP contribution in [0, 0.1) is 11.8 Å². The van der Waals surface area contributed by atoms with E-state index in [1.54, 1.807) is 18.3 Å². The molecule has 0 bridgehead atoms. The van der Waals surface area contributed by atoms with Crippen LogP contribution in [0.15, 0.2) is 29.2 Å². The second-order valence-corrected chi connectivity index (χ2v) is 4.43. The summed E-state index contributed by atoms with van der Waals surface area (Å²) >= 11 is 0. The Bertz CT molecular complexity index is 537. The molecule has 0 saturated heterocycles. The molecular weight excluding hydrogens is 205 g/mol. The van der Waals surface area contributed by atoms with Gasteiger partial charge < -0.3 is 4.98 Å². The summed E-state index contributed by atoms with van der Waals surface area (Å²) in [6.45, 7) is 0. The van der Waals surface area contributed by atoms with Crippen molar-refractivity contribution >= 4 is 11.9 Å². The molecule has 1 heterocycles. The standard InChI is InChI=1S/C13H12FNO/c14-11-7-10(8-1-2-8)4-3-9-5-6-15-13(16)12(9)11/h3-8,10H,1-2H2,(H,15,16). The van der Waals surface area contributed by atoms with Gasteiger partial charge in [-0.15, -0.1) is 0 Å². The third-order valence-electron chi connectivity index (χ3n) is 3.24. The van der Waals surface area contributed by atoms with Gasteiger partial charge in [0.15, 0.2) is 0 Å². The van der Waals surface area contributed by atoms with Crippen molar-refractivity contribution in [2.45, 2.75) is 12.8 Å². The lowest BCUT2D eigenvalue weighted by Crippen LogP contribution is -2.11. The molecule has 0 aliphatic heterocycles. The number of fused-ring (bicyclic) bond motifs is 1. The molecule has 3 heteroatoms. The van der Waals surface area contributed by atoms with Crippen molar-refractivity contribution in [3.05, 3.63) is 45.9 Å². The van der Waals surface area contributed by atoms with Crippen molar-refractivity contribution < 1.29 is 4.39 Å². The van der Waals surface area contributed by atoms with Crippen LogP contribution in [0.2, 0.25) is 0 Å². The molecule has 2 aliphatic carbocycles. The summed E-state index contributed by atoms with van der Waals surface area (Å²) in [5.41, 5.74) is 0.481. The smallest absolute Gasteiger partial charge is 0.258 e. The van der Waals surface area contributed by atoms with Crippen LogP contribution in [0.5, 0.6) is 0 Å². The van der Waals surface area contributed by atoms with E-state index in [2.05, 4.69) is 4.98 Å². The molecule has 2 nitrogen and oxygen atoms in total. The van der Waals surface area contributed by atoms with Gasteiger partial charge in [-0.25, -0.2) is 4.39 Å². The van der Waals surface area contributed by atoms with E-state index in [9.17, 15) is 9.18 Å². The van der Waals surface area contributed by atoms with Crippen molar-refractivity contribution in [1.82, 2.24) is 4.98 Å². The number of halogens is 1. The van der Waals surface area contributed by atoms with E-state index < -0.39 is 5.83 Å². The number of hydrogen-bond donors (Lipinski definition) is 1. The van der Waals surface area contributed by atoms with Crippen molar-refractivity contribution in [3.8, 4) is 0 Å². The lowest BCUT2D eigenvalue weighted by molar-refractivity contribution is 0.675. The molecule has 1 unspecified atom stereocenters. The van der Waals surface area contributed by atoms with Gasteiger partial charge in [-0.1, -0.05) is 12.2 Å². The molecule has 3 rings (SSSR count). The monoisotopic (exact) mass is 217 g/mol. The minimum Gasteiger partial charge on any atom is -0.328 e. The average Bonchev–Trinajstić information content (AvgIpc) is 3.05. The molecule has 1 N–H and O–H groups in total. The number of rotatable bonds is 1. The first-order valence-electron chi connectivity index (χ1n) is 5.53. The molecule has 2 aliphatic rings. The second-order valence-electron chi connectivity index (χ2n) is 4.43. The molecule has 0 aromatic carbocycles. The number of nitrogens with one attached hydrogen (secondary N) is 1. The first-order chi connectivity index (χ1) is 7.75. The first-order valence-corrected chi connectivity index (χ1v) is 5.53. The average molecular weight is 217 g/mol. The fraction of sp³-hybridized carbons (Fsp3) is 0.308. The Balaban J connectivity index is 2.14. The summed E-state index contributed by atoms with van der Waals surface area (Å²) in [6.07, 6.45) is 9.31. The van der Waals surface area contributed by atoms with Gasteiger partial charge in [-0.3, -0.25) is 4.79 Å². The Kier molecular flexibility index (Phi) is 2.06. The first kappa shape index (κ1) is 9.58. The third kappa shape index (κ3) is 1.52. The Hall–Kier alpha value is -1.64. The van der Waals surface area contributed by atoms with E-state index in [0.29, 0.717) is 11.5 Å². The van der Waals surface area contributed by atoms with Crippen molar-refractivity contribution in [2.75, 3.05) is 0 Å². The molecule has 1 atom stereocenters. The normalized spacial score (nSPS) is 23.6. The van der Waals surface area contributed by atoms with Gasteiger partial charge in [0.25, 0.3) is 5.56 Å². The quantitative estimate of drug-likeness (QED) is 0.770. The minimum absolute atomic E-state index is 0.145. The Labute approximate surface area is 92.5 Å². The topological polar surface area (TPSA) is 32.9 Å². The number of aromatic nitrogens is 1. The van der Waals surface area contributed by atoms with Crippen LogP contribution >= 0.6 is 0 Å². The predicted molar refractivity (Wildman–Crippen MR) is 61.4 cm³/mol. The maximum absolute atomic E-state index is 13.9. The fourth-order valence-electron chi connectivity index (χ4n) is 2.18. The molecule has 0 radical (unpaired) electrons. The van der Waals surface area contributed by atoms with E-state index in [0.717, 1.165) is 12.8 Å². The fourth-order valence-corrected chi connectivity index (χ4v) is 2.18. The van der Waals surface area contributed by atoms with Crippen LogP contribution in [-0.4, -0.2) is 4.98 Å². The summed E-state index contributed by atoms with van der Waals surface area (Å²) in [5, 5.41) is 0. The van der Waals surface area contributed by atoms with E-state index in [1.165, 1.54) is 0 Å². The Morgan fingerprint density at radius 1 is 1.38 bits per heavy atom. The third-order valence-corrected chi connectivity index (χ3v) is 3.24. The SMILES string of the molecule is O=c1[nH]ccc2c1C(F)=CC(C1CC1)C=C2. The van der Waals surface area contributed by atoms with Crippen LogP contribution in [0.3, 0.4) is 0 Å². The molecule has 1 aromatic heterocycles. The lowest BCUT2D eigenvalue weighted by Gasteiger charge is -2.02. The second kappa shape index (κ2) is 3.44. The molecule has 16 heavy (non-hydrogen) atoms. The molecule has 0 spiro atoms. The Morgan fingerprint density at radius 2 is 2.19 bits per heavy atom. The maximum Gasteiger partial charge on any atom is 0.258 e. The zero-order valence-electron chi connectivity index (χ0n) is 8.74. The van der Waals surface area contributed by atoms with Crippen LogP contribution in [0.4, 0.5) is 4.39 Å². The molecule has 0 amide bonds. The van der Waals surface area contributed by atoms with Crippen molar-refractivity contribution in [3.63, 3.8) is 0 Å². The highest BCUT2D eigenvalue weighted by Gasteiger charge is 2.30. The van der Waals surface area contributed by atoms with Crippen LogP contribution in [-0.2, 0) is 0 Å². The molecule has 1 aromatic rings. The summed E-state index contributed by atoms with van der Waals surface area (Å²) in [7, 11) is 0. The van der Waals surface area contributed by atoms with Gasteiger partial charge in [0, 0.05) is 12.1 Å². The van der Waals surface area contributed by atoms with E-state index in [4.69, 9.17) is 0 Å². The molecule has 1 fully saturated rings. The van der Waals surface area contributed by atoms with Gasteiger partial charge in [0.2, 0.25) is 0 Å². The minimum atomic E-state index is -0.390. The van der Waals surface area contributed by atoms with Crippen LogP contribution in [0.1, 0.15) is 24.0 Å². The molecule has 1 saturated carbocycles. The summed E-state index contributed by atoms with van der Waals surface area (Å²) in [5.74, 6) is 0.320. The van der Waals surface area contributed by atoms with Gasteiger partial charge >= 0.3 is 0 Å². The van der Waals surface area contributed by atoms with Gasteiger partial charge in [0.05, 0.1) is 5.56 Å². The number of hydrogen-bond acceptors (Lipinski definition) is 1. The Morgan fingerprint density at radius 3 is 2.94 bits per heavy atom. The van der Waals surface area contributed by atoms with Crippen molar-refractivity contribution in [2.24, 2.45) is 11.8 Å². The van der Waals surface area contributed by atoms with Gasteiger partial charge in [0.1, 0.15) is 5.83 Å². The summed E-state index contributed by atoms with van der Waals surface area (Å²) in [6, 6.07) is 1.73. The van der Waals surface area contributed by atoms with E-state index in [1.807, 2.05) is 12.2 Å². The highest BCUT2D eigenvalue weighted by molar-refractivity contribution is 5.72. The number of pyridine rings is 1. The number of aromatic amines is 1. The van der Waals surface area contributed by atoms with E-state index in [-0.39, 0.29) is 17.0 Å². The van der Waals surface area contributed by atoms with Crippen LogP contribution < -0.4 is 5.56 Å². The largest absolute Gasteiger partial charge is 0.328 e. The summed E-state index contributed by atoms with van der Waals surface area (Å²) < 4.78 is 13.9. The predicted octanol–water partition coefficient (Wildman–Crippen LogP) is 2.74.